The summed E-state index contributed by atoms with van der Waals surface area (Å²) in [5.74, 6) is 0.635. The first-order valence-corrected chi connectivity index (χ1v) is 14.2. The Labute approximate surface area is 251 Å². The van der Waals surface area contributed by atoms with Gasteiger partial charge >= 0.3 is 0 Å². The molecule has 8 heteroatoms. The predicted octanol–water partition coefficient (Wildman–Crippen LogP) is 7.42. The van der Waals surface area contributed by atoms with Gasteiger partial charge in [0.05, 0.1) is 16.7 Å². The molecule has 228 valence electrons. The summed E-state index contributed by atoms with van der Waals surface area (Å²) in [6, 6.07) is 11.1. The number of carbonyl (C=O) groups is 2. The highest BCUT2D eigenvalue weighted by Gasteiger charge is 2.17. The Hall–Kier alpha value is -4.30. The topological polar surface area (TPSA) is 90.1 Å². The van der Waals surface area contributed by atoms with Crippen molar-refractivity contribution in [3.63, 3.8) is 0 Å². The molecule has 1 aliphatic rings. The fourth-order valence-corrected chi connectivity index (χ4v) is 3.69. The predicted molar refractivity (Wildman–Crippen MR) is 178 cm³/mol. The van der Waals surface area contributed by atoms with Gasteiger partial charge < -0.3 is 20.5 Å². The molecule has 0 spiro atoms. The van der Waals surface area contributed by atoms with Gasteiger partial charge in [0.25, 0.3) is 5.91 Å². The Morgan fingerprint density at radius 3 is 2.36 bits per heavy atom. The number of likely N-dealkylation sites (N-methyl/N-ethyl adjacent to an activating group) is 1. The first-order valence-electron chi connectivity index (χ1n) is 14.2. The number of allylic oxidation sites excluding steroid dienone is 3. The molecular formula is C34H48FN5O2. The van der Waals surface area contributed by atoms with Crippen LogP contribution in [0.5, 0.6) is 0 Å². The van der Waals surface area contributed by atoms with Crippen LogP contribution in [0.2, 0.25) is 0 Å². The van der Waals surface area contributed by atoms with E-state index in [1.165, 1.54) is 12.1 Å². The highest BCUT2D eigenvalue weighted by molar-refractivity contribution is 5.95. The van der Waals surface area contributed by atoms with Crippen molar-refractivity contribution in [1.82, 2.24) is 20.2 Å². The van der Waals surface area contributed by atoms with Crippen LogP contribution in [0.25, 0.3) is 28.5 Å². The van der Waals surface area contributed by atoms with Crippen molar-refractivity contribution in [2.45, 2.75) is 41.0 Å². The van der Waals surface area contributed by atoms with Gasteiger partial charge in [-0.1, -0.05) is 69.9 Å². The second kappa shape index (κ2) is 22.4. The fraction of sp³-hybridized carbons (Fsp3) is 0.324. The van der Waals surface area contributed by atoms with Crippen LogP contribution in [0.3, 0.4) is 0 Å². The van der Waals surface area contributed by atoms with Crippen LogP contribution in [0.1, 0.15) is 46.6 Å². The SMILES string of the molecule is C/C=C\C(=C/C)C(=O)N(C)CCC.C=CC=O.CC.CNC.Fc1ccc(-c2nc3ccccc3[nH]2)c2c1C=CCN2. The number of halogens is 1. The number of nitrogens with one attached hydrogen (secondary N) is 3. The number of nitrogens with zero attached hydrogens (tertiary/aromatic N) is 2. The number of imidazole rings is 1. The maximum atomic E-state index is 13.8. The van der Waals surface area contributed by atoms with E-state index in [-0.39, 0.29) is 11.7 Å². The Balaban J connectivity index is 0.000000662. The van der Waals surface area contributed by atoms with Crippen molar-refractivity contribution in [3.05, 3.63) is 90.3 Å². The van der Waals surface area contributed by atoms with Crippen LogP contribution in [0.4, 0.5) is 10.1 Å². The molecule has 0 fully saturated rings. The van der Waals surface area contributed by atoms with Gasteiger partial charge in [-0.3, -0.25) is 9.59 Å². The molecule has 0 saturated heterocycles. The zero-order valence-corrected chi connectivity index (χ0v) is 26.4. The second-order valence-electron chi connectivity index (χ2n) is 8.61. The third-order valence-corrected chi connectivity index (χ3v) is 5.42. The van der Waals surface area contributed by atoms with Gasteiger partial charge in [0.1, 0.15) is 17.9 Å². The number of H-pyrrole nitrogens is 1. The zero-order valence-electron chi connectivity index (χ0n) is 26.4. The molecule has 1 aliphatic heterocycles. The van der Waals surface area contributed by atoms with Crippen molar-refractivity contribution < 1.29 is 14.0 Å². The zero-order chi connectivity index (χ0) is 31.9. The summed E-state index contributed by atoms with van der Waals surface area (Å²) in [7, 11) is 5.58. The first kappa shape index (κ1) is 37.7. The minimum absolute atomic E-state index is 0.0995. The van der Waals surface area contributed by atoms with E-state index in [2.05, 4.69) is 34.1 Å². The van der Waals surface area contributed by atoms with Crippen molar-refractivity contribution in [2.24, 2.45) is 0 Å². The molecule has 4 rings (SSSR count). The summed E-state index contributed by atoms with van der Waals surface area (Å²) >= 11 is 0. The summed E-state index contributed by atoms with van der Waals surface area (Å²) in [6.07, 6.45) is 12.1. The number of amides is 1. The lowest BCUT2D eigenvalue weighted by Gasteiger charge is -2.16. The van der Waals surface area contributed by atoms with E-state index in [0.29, 0.717) is 18.4 Å². The highest BCUT2D eigenvalue weighted by atomic mass is 19.1. The second-order valence-corrected chi connectivity index (χ2v) is 8.61. The molecular weight excluding hydrogens is 529 g/mol. The van der Waals surface area contributed by atoms with Gasteiger partial charge in [-0.15, -0.1) is 0 Å². The molecule has 0 unspecified atom stereocenters. The summed E-state index contributed by atoms with van der Waals surface area (Å²) in [6.45, 7) is 14.5. The molecule has 1 amide bonds. The van der Waals surface area contributed by atoms with Gasteiger partial charge in [-0.05, 0) is 64.7 Å². The minimum atomic E-state index is -0.219. The molecule has 0 radical (unpaired) electrons. The minimum Gasteiger partial charge on any atom is -0.380 e. The molecule has 42 heavy (non-hydrogen) atoms. The number of aromatic amines is 1. The number of carbonyl (C=O) groups excluding carboxylic acids is 2. The Kier molecular flexibility index (Phi) is 20.1. The van der Waals surface area contributed by atoms with Gasteiger partial charge in [0.15, 0.2) is 0 Å². The molecule has 0 atom stereocenters. The van der Waals surface area contributed by atoms with E-state index in [1.807, 2.05) is 103 Å². The summed E-state index contributed by atoms with van der Waals surface area (Å²) < 4.78 is 13.8. The molecule has 1 aromatic heterocycles. The summed E-state index contributed by atoms with van der Waals surface area (Å²) in [5, 5.41) is 5.98. The number of rotatable bonds is 6. The van der Waals surface area contributed by atoms with E-state index in [0.717, 1.165) is 46.6 Å². The monoisotopic (exact) mass is 577 g/mol. The van der Waals surface area contributed by atoms with E-state index >= 15 is 0 Å². The molecule has 3 N–H and O–H groups in total. The number of aromatic nitrogens is 2. The maximum absolute atomic E-state index is 13.8. The first-order chi connectivity index (χ1) is 20.3. The number of hydrogen-bond donors (Lipinski definition) is 3. The van der Waals surface area contributed by atoms with Crippen molar-refractivity contribution in [1.29, 1.82) is 0 Å². The number of para-hydroxylation sites is 2. The van der Waals surface area contributed by atoms with Gasteiger partial charge in [-0.25, -0.2) is 9.37 Å². The number of hydrogen-bond acceptors (Lipinski definition) is 5. The molecule has 2 aromatic carbocycles. The number of benzene rings is 2. The van der Waals surface area contributed by atoms with Crippen LogP contribution >= 0.6 is 0 Å². The van der Waals surface area contributed by atoms with E-state index in [9.17, 15) is 9.18 Å². The van der Waals surface area contributed by atoms with Crippen LogP contribution in [-0.4, -0.2) is 61.3 Å². The van der Waals surface area contributed by atoms with Crippen molar-refractivity contribution in [2.75, 3.05) is 39.5 Å². The van der Waals surface area contributed by atoms with E-state index in [1.54, 1.807) is 11.0 Å². The quantitative estimate of drug-likeness (QED) is 0.161. The number of aldehydes is 1. The lowest BCUT2D eigenvalue weighted by atomic mass is 10.0. The van der Waals surface area contributed by atoms with Crippen LogP contribution in [0, 0.1) is 5.82 Å². The maximum Gasteiger partial charge on any atom is 0.253 e. The molecule has 0 saturated carbocycles. The smallest absolute Gasteiger partial charge is 0.253 e. The highest BCUT2D eigenvalue weighted by Crippen LogP contribution is 2.34. The van der Waals surface area contributed by atoms with Crippen LogP contribution in [0.15, 0.2) is 78.9 Å². The molecule has 0 aliphatic carbocycles. The summed E-state index contributed by atoms with van der Waals surface area (Å²) in [4.78, 5) is 30.3. The van der Waals surface area contributed by atoms with Crippen molar-refractivity contribution >= 4 is 35.0 Å². The normalized spacial score (nSPS) is 11.1. The fourth-order valence-electron chi connectivity index (χ4n) is 3.69. The Morgan fingerprint density at radius 2 is 1.81 bits per heavy atom. The molecule has 0 bridgehead atoms. The summed E-state index contributed by atoms with van der Waals surface area (Å²) in [5.41, 5.74) is 4.93. The van der Waals surface area contributed by atoms with Crippen LogP contribution < -0.4 is 10.6 Å². The van der Waals surface area contributed by atoms with Gasteiger partial charge in [0.2, 0.25) is 0 Å². The largest absolute Gasteiger partial charge is 0.380 e. The average molecular weight is 578 g/mol. The average Bonchev–Trinajstić information content (AvgIpc) is 3.46. The lowest BCUT2D eigenvalue weighted by Crippen LogP contribution is -2.28. The molecule has 7 nitrogen and oxygen atoms in total. The third-order valence-electron chi connectivity index (χ3n) is 5.42. The van der Waals surface area contributed by atoms with E-state index in [4.69, 9.17) is 4.79 Å². The van der Waals surface area contributed by atoms with Crippen LogP contribution in [-0.2, 0) is 9.59 Å². The lowest BCUT2D eigenvalue weighted by molar-refractivity contribution is -0.125. The van der Waals surface area contributed by atoms with Crippen molar-refractivity contribution in [3.8, 4) is 11.4 Å². The van der Waals surface area contributed by atoms with E-state index < -0.39 is 0 Å². The Bertz CT molecular complexity index is 1290. The standard InChI is InChI=1S/C16H12FN3.C11H19NO.C3H4O.C2H7N.C2H6/c17-12-8-7-11(15-10(12)4-3-9-18-15)16-19-13-5-1-2-6-14(13)20-16;1-5-8-10(7-3)11(13)12(4)9-6-2;1-2-3-4;1-3-2;1-2/h1-8,18H,9H2,(H,19,20);5,7-8H,6,9H2,1-4H3;2-3H,1H2;3H,1-2H3;1-2H3/b;8-5-,10-7+;;;. The molecule has 2 heterocycles. The number of anilines is 1. The van der Waals surface area contributed by atoms with Gasteiger partial charge in [0, 0.05) is 36.8 Å². The van der Waals surface area contributed by atoms with Gasteiger partial charge in [-0.2, -0.15) is 0 Å². The third kappa shape index (κ3) is 12.1. The molecule has 3 aromatic rings. The Morgan fingerprint density at radius 1 is 1.17 bits per heavy atom. The number of fused-ring (bicyclic) bond motifs is 2.